The molecule has 0 aliphatic heterocycles. The van der Waals surface area contributed by atoms with Gasteiger partial charge in [0.05, 0.1) is 11.3 Å². The van der Waals surface area contributed by atoms with Crippen LogP contribution >= 0.6 is 0 Å². The minimum atomic E-state index is -0.232. The van der Waals surface area contributed by atoms with Crippen LogP contribution in [0.4, 0.5) is 5.69 Å². The smallest absolute Gasteiger partial charge is 0.259 e. The van der Waals surface area contributed by atoms with E-state index in [4.69, 9.17) is 0 Å². The third kappa shape index (κ3) is 2.70. The fourth-order valence-electron chi connectivity index (χ4n) is 1.89. The zero-order chi connectivity index (χ0) is 14.0. The van der Waals surface area contributed by atoms with E-state index in [2.05, 4.69) is 15.5 Å². The monoisotopic (exact) mass is 257 g/mol. The van der Waals surface area contributed by atoms with Crippen LogP contribution in [-0.2, 0) is 0 Å². The lowest BCUT2D eigenvalue weighted by atomic mass is 10.1. The topological polar surface area (TPSA) is 74.8 Å². The van der Waals surface area contributed by atoms with Crippen LogP contribution in [0.5, 0.6) is 0 Å². The number of hydrogen-bond acceptors (Lipinski definition) is 3. The summed E-state index contributed by atoms with van der Waals surface area (Å²) in [6.45, 7) is 5.05. The number of rotatable bonds is 3. The Kier molecular flexibility index (Phi) is 3.46. The highest BCUT2D eigenvalue weighted by atomic mass is 16.1. The lowest BCUT2D eigenvalue weighted by molar-refractivity contribution is 0.101. The molecule has 1 heterocycles. The van der Waals surface area contributed by atoms with Crippen molar-refractivity contribution in [2.75, 3.05) is 5.32 Å². The number of carbonyl (C=O) groups is 2. The molecule has 0 atom stereocenters. The molecule has 0 aliphatic rings. The van der Waals surface area contributed by atoms with Crippen molar-refractivity contribution in [3.05, 3.63) is 46.8 Å². The van der Waals surface area contributed by atoms with Gasteiger partial charge in [-0.25, -0.2) is 0 Å². The van der Waals surface area contributed by atoms with Gasteiger partial charge in [-0.05, 0) is 32.9 Å². The van der Waals surface area contributed by atoms with Crippen LogP contribution in [0.2, 0.25) is 0 Å². The Balaban J connectivity index is 2.24. The number of nitrogens with zero attached hydrogens (tertiary/aromatic N) is 1. The molecule has 5 heteroatoms. The molecule has 0 radical (unpaired) electrons. The Morgan fingerprint density at radius 3 is 2.58 bits per heavy atom. The van der Waals surface area contributed by atoms with Gasteiger partial charge >= 0.3 is 0 Å². The van der Waals surface area contributed by atoms with Crippen molar-refractivity contribution in [1.29, 1.82) is 0 Å². The Hall–Kier alpha value is -2.43. The number of ketones is 1. The van der Waals surface area contributed by atoms with Crippen molar-refractivity contribution in [1.82, 2.24) is 10.2 Å². The van der Waals surface area contributed by atoms with Gasteiger partial charge in [0.25, 0.3) is 5.91 Å². The third-order valence-electron chi connectivity index (χ3n) is 2.88. The van der Waals surface area contributed by atoms with Crippen molar-refractivity contribution in [2.24, 2.45) is 0 Å². The van der Waals surface area contributed by atoms with E-state index in [1.54, 1.807) is 38.1 Å². The van der Waals surface area contributed by atoms with Crippen LogP contribution in [0.15, 0.2) is 24.3 Å². The summed E-state index contributed by atoms with van der Waals surface area (Å²) in [6, 6.07) is 6.86. The van der Waals surface area contributed by atoms with Crippen molar-refractivity contribution >= 4 is 17.4 Å². The lowest BCUT2D eigenvalue weighted by Gasteiger charge is -2.06. The molecule has 0 saturated carbocycles. The van der Waals surface area contributed by atoms with Crippen LogP contribution in [0, 0.1) is 13.8 Å². The van der Waals surface area contributed by atoms with Gasteiger partial charge in [-0.3, -0.25) is 14.7 Å². The molecular weight excluding hydrogens is 242 g/mol. The molecule has 1 amide bonds. The maximum Gasteiger partial charge on any atom is 0.259 e. The van der Waals surface area contributed by atoms with E-state index in [0.29, 0.717) is 22.5 Å². The van der Waals surface area contributed by atoms with Crippen molar-refractivity contribution in [3.63, 3.8) is 0 Å². The second-order valence-electron chi connectivity index (χ2n) is 4.40. The number of anilines is 1. The highest BCUT2D eigenvalue weighted by Crippen LogP contribution is 2.15. The van der Waals surface area contributed by atoms with Gasteiger partial charge in [0.2, 0.25) is 0 Å². The Morgan fingerprint density at radius 1 is 1.26 bits per heavy atom. The fourth-order valence-corrected chi connectivity index (χ4v) is 1.89. The van der Waals surface area contributed by atoms with Crippen molar-refractivity contribution in [2.45, 2.75) is 20.8 Å². The van der Waals surface area contributed by atoms with E-state index in [1.165, 1.54) is 6.92 Å². The first-order valence-corrected chi connectivity index (χ1v) is 5.93. The van der Waals surface area contributed by atoms with Gasteiger partial charge in [-0.2, -0.15) is 5.10 Å². The van der Waals surface area contributed by atoms with Crippen LogP contribution in [0.3, 0.4) is 0 Å². The van der Waals surface area contributed by atoms with Crippen LogP contribution < -0.4 is 5.32 Å². The molecule has 1 aromatic carbocycles. The summed E-state index contributed by atoms with van der Waals surface area (Å²) in [5.41, 5.74) is 3.07. The van der Waals surface area contributed by atoms with E-state index >= 15 is 0 Å². The maximum absolute atomic E-state index is 12.1. The molecule has 0 fully saturated rings. The fraction of sp³-hybridized carbons (Fsp3) is 0.214. The highest BCUT2D eigenvalue weighted by Gasteiger charge is 2.15. The van der Waals surface area contributed by atoms with Gasteiger partial charge in [-0.15, -0.1) is 0 Å². The van der Waals surface area contributed by atoms with Gasteiger partial charge in [0, 0.05) is 16.9 Å². The van der Waals surface area contributed by atoms with Crippen LogP contribution in [0.25, 0.3) is 0 Å². The first kappa shape index (κ1) is 13.0. The Morgan fingerprint density at radius 2 is 2.00 bits per heavy atom. The molecule has 2 aromatic rings. The van der Waals surface area contributed by atoms with E-state index < -0.39 is 0 Å². The molecule has 0 saturated heterocycles. The molecule has 2 N–H and O–H groups in total. The standard InChI is InChI=1S/C14H15N3O2/c1-8-13(9(2)17-16-8)14(19)15-12-6-4-5-11(7-12)10(3)18/h4-7H,1-3H3,(H,15,19)(H,16,17). The summed E-state index contributed by atoms with van der Waals surface area (Å²) in [6.07, 6.45) is 0. The van der Waals surface area contributed by atoms with Gasteiger partial charge < -0.3 is 5.32 Å². The summed E-state index contributed by atoms with van der Waals surface area (Å²) in [5.74, 6) is -0.267. The van der Waals surface area contributed by atoms with E-state index in [9.17, 15) is 9.59 Å². The maximum atomic E-state index is 12.1. The molecule has 1 aromatic heterocycles. The summed E-state index contributed by atoms with van der Waals surface area (Å²) in [7, 11) is 0. The summed E-state index contributed by atoms with van der Waals surface area (Å²) >= 11 is 0. The number of amides is 1. The average Bonchev–Trinajstić information content (AvgIpc) is 2.69. The SMILES string of the molecule is CC(=O)c1cccc(NC(=O)c2c(C)n[nH]c2C)c1. The van der Waals surface area contributed by atoms with Crippen molar-refractivity contribution < 1.29 is 9.59 Å². The number of aromatic amines is 1. The lowest BCUT2D eigenvalue weighted by Crippen LogP contribution is -2.14. The van der Waals surface area contributed by atoms with Crippen molar-refractivity contribution in [3.8, 4) is 0 Å². The molecule has 19 heavy (non-hydrogen) atoms. The molecule has 98 valence electrons. The van der Waals surface area contributed by atoms with Crippen LogP contribution in [0.1, 0.15) is 39.0 Å². The zero-order valence-electron chi connectivity index (χ0n) is 11.1. The average molecular weight is 257 g/mol. The number of aromatic nitrogens is 2. The van der Waals surface area contributed by atoms with Gasteiger partial charge in [0.15, 0.2) is 5.78 Å². The van der Waals surface area contributed by atoms with E-state index in [-0.39, 0.29) is 11.7 Å². The molecule has 0 aliphatic carbocycles. The first-order valence-electron chi connectivity index (χ1n) is 5.93. The highest BCUT2D eigenvalue weighted by molar-refractivity contribution is 6.06. The predicted octanol–water partition coefficient (Wildman–Crippen LogP) is 2.48. The number of carbonyl (C=O) groups excluding carboxylic acids is 2. The quantitative estimate of drug-likeness (QED) is 0.829. The number of hydrogen-bond donors (Lipinski definition) is 2. The minimum absolute atomic E-state index is 0.0354. The number of aryl methyl sites for hydroxylation is 2. The first-order chi connectivity index (χ1) is 8.99. The molecule has 5 nitrogen and oxygen atoms in total. The predicted molar refractivity (Wildman–Crippen MR) is 72.5 cm³/mol. The third-order valence-corrected chi connectivity index (χ3v) is 2.88. The van der Waals surface area contributed by atoms with Gasteiger partial charge in [-0.1, -0.05) is 12.1 Å². The summed E-state index contributed by atoms with van der Waals surface area (Å²) < 4.78 is 0. The number of benzene rings is 1. The molecular formula is C14H15N3O2. The Bertz CT molecular complexity index is 624. The molecule has 0 unspecified atom stereocenters. The van der Waals surface area contributed by atoms with E-state index in [0.717, 1.165) is 5.69 Å². The van der Waals surface area contributed by atoms with Crippen LogP contribution in [-0.4, -0.2) is 21.9 Å². The number of Topliss-reactive ketones (excluding diaryl/α,β-unsaturated/α-hetero) is 1. The number of nitrogens with one attached hydrogen (secondary N) is 2. The molecule has 0 spiro atoms. The molecule has 2 rings (SSSR count). The summed E-state index contributed by atoms with van der Waals surface area (Å²) in [5, 5.41) is 9.52. The molecule has 0 bridgehead atoms. The normalized spacial score (nSPS) is 10.3. The Labute approximate surface area is 111 Å². The zero-order valence-corrected chi connectivity index (χ0v) is 11.1. The van der Waals surface area contributed by atoms with Gasteiger partial charge in [0.1, 0.15) is 0 Å². The largest absolute Gasteiger partial charge is 0.322 e. The van der Waals surface area contributed by atoms with E-state index in [1.807, 2.05) is 0 Å². The minimum Gasteiger partial charge on any atom is -0.322 e. The second kappa shape index (κ2) is 5.06. The number of H-pyrrole nitrogens is 1. The summed E-state index contributed by atoms with van der Waals surface area (Å²) in [4.78, 5) is 23.4. The second-order valence-corrected chi connectivity index (χ2v) is 4.40.